The van der Waals surface area contributed by atoms with Crippen LogP contribution in [0.1, 0.15) is 11.1 Å². The van der Waals surface area contributed by atoms with Crippen molar-refractivity contribution in [3.05, 3.63) is 63.7 Å². The van der Waals surface area contributed by atoms with Crippen LogP contribution >= 0.6 is 11.8 Å². The minimum absolute atomic E-state index is 0.0323. The molecule has 1 N–H and O–H groups in total. The fourth-order valence-electron chi connectivity index (χ4n) is 2.36. The van der Waals surface area contributed by atoms with E-state index >= 15 is 0 Å². The van der Waals surface area contributed by atoms with Crippen LogP contribution in [0.15, 0.2) is 47.6 Å². The Kier molecular flexibility index (Phi) is 5.46. The molecule has 138 valence electrons. The zero-order valence-corrected chi connectivity index (χ0v) is 15.4. The molecule has 0 aliphatic rings. The van der Waals surface area contributed by atoms with Crippen molar-refractivity contribution >= 4 is 29.0 Å². The summed E-state index contributed by atoms with van der Waals surface area (Å²) in [4.78, 5) is 22.3. The number of tetrazole rings is 1. The summed E-state index contributed by atoms with van der Waals surface area (Å²) in [5, 5.41) is 25.6. The van der Waals surface area contributed by atoms with Crippen molar-refractivity contribution in [3.63, 3.8) is 0 Å². The number of nitro groups is 1. The normalized spacial score (nSPS) is 10.6. The van der Waals surface area contributed by atoms with Gasteiger partial charge in [-0.15, -0.1) is 5.10 Å². The Morgan fingerprint density at radius 3 is 2.67 bits per heavy atom. The first-order valence-corrected chi connectivity index (χ1v) is 8.96. The second kappa shape index (κ2) is 7.96. The number of benzene rings is 2. The number of hydrogen-bond donors (Lipinski definition) is 1. The lowest BCUT2D eigenvalue weighted by molar-refractivity contribution is -0.384. The number of aromatic nitrogens is 4. The quantitative estimate of drug-likeness (QED) is 0.394. The highest BCUT2D eigenvalue weighted by Crippen LogP contribution is 2.22. The van der Waals surface area contributed by atoms with Crippen LogP contribution in [0.5, 0.6) is 0 Å². The van der Waals surface area contributed by atoms with Gasteiger partial charge in [-0.3, -0.25) is 14.9 Å². The van der Waals surface area contributed by atoms with Gasteiger partial charge in [0, 0.05) is 17.8 Å². The number of carbonyl (C=O) groups is 1. The number of carbonyl (C=O) groups excluding carboxylic acids is 1. The minimum Gasteiger partial charge on any atom is -0.325 e. The van der Waals surface area contributed by atoms with Gasteiger partial charge in [0.15, 0.2) is 0 Å². The molecule has 0 spiro atoms. The number of hydrogen-bond acceptors (Lipinski definition) is 7. The summed E-state index contributed by atoms with van der Waals surface area (Å²) >= 11 is 1.21. The van der Waals surface area contributed by atoms with E-state index < -0.39 is 4.92 Å². The molecule has 10 heteroatoms. The van der Waals surface area contributed by atoms with Gasteiger partial charge in [-0.25, -0.2) is 0 Å². The molecule has 3 rings (SSSR count). The predicted octanol–water partition coefficient (Wildman–Crippen LogP) is 2.92. The smallest absolute Gasteiger partial charge is 0.269 e. The molecule has 2 aromatic carbocycles. The Balaban J connectivity index is 1.65. The second-order valence-corrected chi connectivity index (χ2v) is 6.75. The molecule has 0 saturated carbocycles. The summed E-state index contributed by atoms with van der Waals surface area (Å²) in [5.41, 5.74) is 3.41. The Bertz CT molecular complexity index is 987. The Morgan fingerprint density at radius 2 is 1.96 bits per heavy atom. The van der Waals surface area contributed by atoms with Crippen LogP contribution in [0.25, 0.3) is 5.69 Å². The van der Waals surface area contributed by atoms with Crippen LogP contribution in [0, 0.1) is 24.0 Å². The molecule has 0 saturated heterocycles. The lowest BCUT2D eigenvalue weighted by Crippen LogP contribution is -2.14. The highest BCUT2D eigenvalue weighted by atomic mass is 32.2. The van der Waals surface area contributed by atoms with Gasteiger partial charge in [-0.2, -0.15) is 4.68 Å². The topological polar surface area (TPSA) is 116 Å². The number of nitro benzene ring substituents is 1. The molecule has 1 amide bonds. The SMILES string of the molecule is Cc1ccc(C)c(-n2nnnc2SCC(=O)Nc2ccc([N+](=O)[O-])cc2)c1. The standard InChI is InChI=1S/C17H16N6O3S/c1-11-3-4-12(2)15(9-11)22-17(19-20-21-22)27-10-16(24)18-13-5-7-14(8-6-13)23(25)26/h3-9H,10H2,1-2H3,(H,18,24). The third-order valence-electron chi connectivity index (χ3n) is 3.73. The lowest BCUT2D eigenvalue weighted by atomic mass is 10.1. The van der Waals surface area contributed by atoms with E-state index in [1.54, 1.807) is 4.68 Å². The second-order valence-electron chi connectivity index (χ2n) is 5.80. The fourth-order valence-corrected chi connectivity index (χ4v) is 3.05. The summed E-state index contributed by atoms with van der Waals surface area (Å²) in [6.07, 6.45) is 0. The van der Waals surface area contributed by atoms with Gasteiger partial charge in [-0.1, -0.05) is 23.9 Å². The van der Waals surface area contributed by atoms with Gasteiger partial charge in [0.05, 0.1) is 16.4 Å². The average Bonchev–Trinajstić information content (AvgIpc) is 3.11. The van der Waals surface area contributed by atoms with Crippen molar-refractivity contribution in [2.45, 2.75) is 19.0 Å². The van der Waals surface area contributed by atoms with Crippen molar-refractivity contribution in [2.75, 3.05) is 11.1 Å². The summed E-state index contributed by atoms with van der Waals surface area (Å²) < 4.78 is 1.60. The molecule has 9 nitrogen and oxygen atoms in total. The van der Waals surface area contributed by atoms with Crippen molar-refractivity contribution in [1.82, 2.24) is 20.2 Å². The molecule has 0 aliphatic heterocycles. The van der Waals surface area contributed by atoms with Gasteiger partial charge >= 0.3 is 0 Å². The molecule has 1 heterocycles. The predicted molar refractivity (Wildman–Crippen MR) is 101 cm³/mol. The Labute approximate surface area is 158 Å². The number of rotatable bonds is 6. The summed E-state index contributed by atoms with van der Waals surface area (Å²) in [6, 6.07) is 11.6. The van der Waals surface area contributed by atoms with Crippen LogP contribution in [0.2, 0.25) is 0 Å². The first kappa shape index (κ1) is 18.5. The molecular weight excluding hydrogens is 368 g/mol. The summed E-state index contributed by atoms with van der Waals surface area (Å²) in [7, 11) is 0. The number of non-ortho nitro benzene ring substituents is 1. The maximum Gasteiger partial charge on any atom is 0.269 e. The van der Waals surface area contributed by atoms with Gasteiger partial charge in [-0.05, 0) is 53.6 Å². The summed E-state index contributed by atoms with van der Waals surface area (Å²) in [5.74, 6) is -0.160. The first-order chi connectivity index (χ1) is 12.9. The zero-order chi connectivity index (χ0) is 19.4. The maximum atomic E-state index is 12.2. The number of nitrogens with zero attached hydrogens (tertiary/aromatic N) is 5. The van der Waals surface area contributed by atoms with E-state index in [0.29, 0.717) is 10.8 Å². The van der Waals surface area contributed by atoms with E-state index in [0.717, 1.165) is 16.8 Å². The van der Waals surface area contributed by atoms with Crippen LogP contribution in [0.3, 0.4) is 0 Å². The van der Waals surface area contributed by atoms with Crippen molar-refractivity contribution in [2.24, 2.45) is 0 Å². The highest BCUT2D eigenvalue weighted by molar-refractivity contribution is 7.99. The number of aryl methyl sites for hydroxylation is 2. The van der Waals surface area contributed by atoms with Crippen molar-refractivity contribution in [3.8, 4) is 5.69 Å². The number of nitrogens with one attached hydrogen (secondary N) is 1. The first-order valence-electron chi connectivity index (χ1n) is 7.97. The molecule has 0 radical (unpaired) electrons. The zero-order valence-electron chi connectivity index (χ0n) is 14.6. The van der Waals surface area contributed by atoms with Gasteiger partial charge < -0.3 is 5.32 Å². The lowest BCUT2D eigenvalue weighted by Gasteiger charge is -2.08. The average molecular weight is 384 g/mol. The van der Waals surface area contributed by atoms with Crippen molar-refractivity contribution in [1.29, 1.82) is 0 Å². The van der Waals surface area contributed by atoms with E-state index in [1.807, 2.05) is 32.0 Å². The molecule has 0 bridgehead atoms. The van der Waals surface area contributed by atoms with Gasteiger partial charge in [0.25, 0.3) is 5.69 Å². The fraction of sp³-hybridized carbons (Fsp3) is 0.176. The molecule has 3 aromatic rings. The largest absolute Gasteiger partial charge is 0.325 e. The third-order valence-corrected chi connectivity index (χ3v) is 4.65. The monoisotopic (exact) mass is 384 g/mol. The van der Waals surface area contributed by atoms with Crippen molar-refractivity contribution < 1.29 is 9.72 Å². The Morgan fingerprint density at radius 1 is 1.22 bits per heavy atom. The highest BCUT2D eigenvalue weighted by Gasteiger charge is 2.14. The van der Waals surface area contributed by atoms with E-state index in [2.05, 4.69) is 20.8 Å². The Hall–Kier alpha value is -3.27. The molecule has 1 aromatic heterocycles. The third kappa shape index (κ3) is 4.47. The number of thioether (sulfide) groups is 1. The van der Waals surface area contributed by atoms with Gasteiger partial charge in [0.2, 0.25) is 11.1 Å². The number of anilines is 1. The van der Waals surface area contributed by atoms with Crippen LogP contribution in [0.4, 0.5) is 11.4 Å². The molecule has 0 unspecified atom stereocenters. The molecule has 0 atom stereocenters. The van der Waals surface area contributed by atoms with E-state index in [1.165, 1.54) is 36.0 Å². The van der Waals surface area contributed by atoms with Crippen LogP contribution < -0.4 is 5.32 Å². The molecule has 0 aliphatic carbocycles. The number of amides is 1. The molecule has 27 heavy (non-hydrogen) atoms. The van der Waals surface area contributed by atoms with E-state index in [-0.39, 0.29) is 17.3 Å². The van der Waals surface area contributed by atoms with Crippen LogP contribution in [-0.2, 0) is 4.79 Å². The van der Waals surface area contributed by atoms with Gasteiger partial charge in [0.1, 0.15) is 0 Å². The van der Waals surface area contributed by atoms with E-state index in [9.17, 15) is 14.9 Å². The maximum absolute atomic E-state index is 12.2. The minimum atomic E-state index is -0.492. The molecular formula is C17H16N6O3S. The molecule has 0 fully saturated rings. The van der Waals surface area contributed by atoms with Crippen LogP contribution in [-0.4, -0.2) is 36.8 Å². The van der Waals surface area contributed by atoms with E-state index in [4.69, 9.17) is 0 Å². The summed E-state index contributed by atoms with van der Waals surface area (Å²) in [6.45, 7) is 3.95.